The lowest BCUT2D eigenvalue weighted by molar-refractivity contribution is -0.151. The molecule has 1 atom stereocenters. The van der Waals surface area contributed by atoms with Gasteiger partial charge in [0.15, 0.2) is 0 Å². The third kappa shape index (κ3) is 3.42. The van der Waals surface area contributed by atoms with Gasteiger partial charge in [-0.3, -0.25) is 5.32 Å². The molecule has 0 saturated carbocycles. The van der Waals surface area contributed by atoms with E-state index in [4.69, 9.17) is 4.74 Å². The van der Waals surface area contributed by atoms with Gasteiger partial charge in [0.2, 0.25) is 0 Å². The normalized spacial score (nSPS) is 14.1. The van der Waals surface area contributed by atoms with Crippen molar-refractivity contribution >= 4 is 28.6 Å². The molecule has 0 radical (unpaired) electrons. The van der Waals surface area contributed by atoms with Crippen LogP contribution in [0.3, 0.4) is 0 Å². The molecule has 3 nitrogen and oxygen atoms in total. The van der Waals surface area contributed by atoms with E-state index in [2.05, 4.69) is 27.9 Å². The number of hydrogen-bond donors (Lipinski definition) is 1. The molecular formula is C13H18INO2. The molecule has 1 aromatic rings. The zero-order chi connectivity index (χ0) is 12.9. The van der Waals surface area contributed by atoms with Crippen molar-refractivity contribution in [3.63, 3.8) is 0 Å². The molecule has 94 valence electrons. The molecule has 0 bridgehead atoms. The SMILES string of the molecule is CCNC(C)(C(=O)OCC)c1ccc(I)cc1. The Morgan fingerprint density at radius 3 is 2.41 bits per heavy atom. The number of benzene rings is 1. The van der Waals surface area contributed by atoms with E-state index < -0.39 is 5.54 Å². The topological polar surface area (TPSA) is 38.3 Å². The minimum absolute atomic E-state index is 0.233. The smallest absolute Gasteiger partial charge is 0.330 e. The second-order valence-electron chi connectivity index (χ2n) is 3.88. The van der Waals surface area contributed by atoms with E-state index in [-0.39, 0.29) is 5.97 Å². The third-order valence-electron chi connectivity index (χ3n) is 2.64. The number of rotatable bonds is 5. The minimum atomic E-state index is -0.769. The van der Waals surface area contributed by atoms with Gasteiger partial charge >= 0.3 is 5.97 Å². The Kier molecular flexibility index (Phi) is 5.39. The maximum atomic E-state index is 12.1. The lowest BCUT2D eigenvalue weighted by Crippen LogP contribution is -2.47. The number of likely N-dealkylation sites (N-methyl/N-ethyl adjacent to an activating group) is 1. The van der Waals surface area contributed by atoms with Crippen LogP contribution in [0.15, 0.2) is 24.3 Å². The Labute approximate surface area is 116 Å². The Morgan fingerprint density at radius 2 is 1.94 bits per heavy atom. The third-order valence-corrected chi connectivity index (χ3v) is 3.35. The van der Waals surface area contributed by atoms with E-state index >= 15 is 0 Å². The van der Waals surface area contributed by atoms with E-state index in [1.54, 1.807) is 0 Å². The molecule has 0 aliphatic heterocycles. The molecule has 0 aliphatic carbocycles. The summed E-state index contributed by atoms with van der Waals surface area (Å²) >= 11 is 2.24. The first-order chi connectivity index (χ1) is 8.04. The molecule has 1 aromatic carbocycles. The molecular weight excluding hydrogens is 329 g/mol. The molecule has 4 heteroatoms. The highest BCUT2D eigenvalue weighted by molar-refractivity contribution is 14.1. The molecule has 1 rings (SSSR count). The number of nitrogens with one attached hydrogen (secondary N) is 1. The zero-order valence-electron chi connectivity index (χ0n) is 10.4. The fraction of sp³-hybridized carbons (Fsp3) is 0.462. The van der Waals surface area contributed by atoms with Gasteiger partial charge in [-0.15, -0.1) is 0 Å². The quantitative estimate of drug-likeness (QED) is 0.658. The largest absolute Gasteiger partial charge is 0.464 e. The van der Waals surface area contributed by atoms with Crippen LogP contribution < -0.4 is 5.32 Å². The van der Waals surface area contributed by atoms with Crippen LogP contribution in [0.2, 0.25) is 0 Å². The Bertz CT molecular complexity index is 378. The molecule has 0 amide bonds. The minimum Gasteiger partial charge on any atom is -0.464 e. The summed E-state index contributed by atoms with van der Waals surface area (Å²) in [5, 5.41) is 3.20. The second kappa shape index (κ2) is 6.35. The van der Waals surface area contributed by atoms with Crippen molar-refractivity contribution in [3.05, 3.63) is 33.4 Å². The van der Waals surface area contributed by atoms with Crippen LogP contribution in [0.4, 0.5) is 0 Å². The monoisotopic (exact) mass is 347 g/mol. The number of ether oxygens (including phenoxy) is 1. The zero-order valence-corrected chi connectivity index (χ0v) is 12.6. The van der Waals surface area contributed by atoms with Crippen LogP contribution in [0.25, 0.3) is 0 Å². The summed E-state index contributed by atoms with van der Waals surface area (Å²) in [5.74, 6) is -0.233. The van der Waals surface area contributed by atoms with Gasteiger partial charge in [0.1, 0.15) is 5.54 Å². The first-order valence-electron chi connectivity index (χ1n) is 5.73. The molecule has 1 unspecified atom stereocenters. The van der Waals surface area contributed by atoms with Crippen molar-refractivity contribution in [2.75, 3.05) is 13.2 Å². The van der Waals surface area contributed by atoms with Crippen LogP contribution in [0, 0.1) is 3.57 Å². The Morgan fingerprint density at radius 1 is 1.35 bits per heavy atom. The Hall–Kier alpha value is -0.620. The van der Waals surface area contributed by atoms with Crippen LogP contribution >= 0.6 is 22.6 Å². The summed E-state index contributed by atoms with van der Waals surface area (Å²) in [5.41, 5.74) is 0.160. The van der Waals surface area contributed by atoms with E-state index in [1.807, 2.05) is 45.0 Å². The standard InChI is InChI=1S/C13H18INO2/c1-4-15-13(3,12(16)17-5-2)10-6-8-11(14)9-7-10/h6-9,15H,4-5H2,1-3H3. The van der Waals surface area contributed by atoms with Crippen molar-refractivity contribution in [3.8, 4) is 0 Å². The number of carbonyl (C=O) groups is 1. The molecule has 0 fully saturated rings. The fourth-order valence-electron chi connectivity index (χ4n) is 1.70. The molecule has 0 aromatic heterocycles. The summed E-state index contributed by atoms with van der Waals surface area (Å²) in [6.45, 7) is 6.75. The lowest BCUT2D eigenvalue weighted by atomic mass is 9.92. The predicted octanol–water partition coefficient (Wildman–Crippen LogP) is 2.68. The summed E-state index contributed by atoms with van der Waals surface area (Å²) in [6, 6.07) is 7.90. The van der Waals surface area contributed by atoms with Gasteiger partial charge < -0.3 is 4.74 Å². The Balaban J connectivity index is 3.06. The van der Waals surface area contributed by atoms with Crippen molar-refractivity contribution in [1.29, 1.82) is 0 Å². The van der Waals surface area contributed by atoms with Crippen LogP contribution in [-0.4, -0.2) is 19.1 Å². The summed E-state index contributed by atoms with van der Waals surface area (Å²) in [6.07, 6.45) is 0. The van der Waals surface area contributed by atoms with E-state index in [9.17, 15) is 4.79 Å². The van der Waals surface area contributed by atoms with Crippen molar-refractivity contribution < 1.29 is 9.53 Å². The van der Waals surface area contributed by atoms with Gasteiger partial charge in [0.25, 0.3) is 0 Å². The first kappa shape index (κ1) is 14.4. The molecule has 17 heavy (non-hydrogen) atoms. The highest BCUT2D eigenvalue weighted by atomic mass is 127. The number of esters is 1. The first-order valence-corrected chi connectivity index (χ1v) is 6.80. The van der Waals surface area contributed by atoms with Gasteiger partial charge in [-0.05, 0) is 60.7 Å². The molecule has 1 N–H and O–H groups in total. The van der Waals surface area contributed by atoms with E-state index in [1.165, 1.54) is 0 Å². The highest BCUT2D eigenvalue weighted by Crippen LogP contribution is 2.23. The van der Waals surface area contributed by atoms with Gasteiger partial charge in [0, 0.05) is 3.57 Å². The molecule has 0 saturated heterocycles. The van der Waals surface area contributed by atoms with Crippen molar-refractivity contribution in [2.24, 2.45) is 0 Å². The van der Waals surface area contributed by atoms with Crippen LogP contribution in [-0.2, 0) is 15.1 Å². The highest BCUT2D eigenvalue weighted by Gasteiger charge is 2.35. The van der Waals surface area contributed by atoms with E-state index in [0.717, 1.165) is 9.13 Å². The number of hydrogen-bond acceptors (Lipinski definition) is 3. The number of carbonyl (C=O) groups excluding carboxylic acids is 1. The van der Waals surface area contributed by atoms with E-state index in [0.29, 0.717) is 13.2 Å². The van der Waals surface area contributed by atoms with Crippen LogP contribution in [0.5, 0.6) is 0 Å². The summed E-state index contributed by atoms with van der Waals surface area (Å²) < 4.78 is 6.29. The molecule has 0 spiro atoms. The van der Waals surface area contributed by atoms with Gasteiger partial charge in [0.05, 0.1) is 6.61 Å². The molecule has 0 aliphatic rings. The fourth-order valence-corrected chi connectivity index (χ4v) is 2.06. The maximum absolute atomic E-state index is 12.1. The van der Waals surface area contributed by atoms with Gasteiger partial charge in [-0.2, -0.15) is 0 Å². The maximum Gasteiger partial charge on any atom is 0.330 e. The lowest BCUT2D eigenvalue weighted by Gasteiger charge is -2.28. The van der Waals surface area contributed by atoms with Crippen molar-refractivity contribution in [2.45, 2.75) is 26.3 Å². The average Bonchev–Trinajstić information content (AvgIpc) is 2.30. The molecule has 0 heterocycles. The second-order valence-corrected chi connectivity index (χ2v) is 5.13. The van der Waals surface area contributed by atoms with Crippen molar-refractivity contribution in [1.82, 2.24) is 5.32 Å². The average molecular weight is 347 g/mol. The summed E-state index contributed by atoms with van der Waals surface area (Å²) in [7, 11) is 0. The predicted molar refractivity (Wildman–Crippen MR) is 76.8 cm³/mol. The van der Waals surface area contributed by atoms with Gasteiger partial charge in [-0.1, -0.05) is 19.1 Å². The number of halogens is 1. The summed E-state index contributed by atoms with van der Waals surface area (Å²) in [4.78, 5) is 12.1. The van der Waals surface area contributed by atoms with Crippen LogP contribution in [0.1, 0.15) is 26.3 Å². The van der Waals surface area contributed by atoms with Gasteiger partial charge in [-0.25, -0.2) is 4.79 Å².